The molecule has 1 aromatic rings. The summed E-state index contributed by atoms with van der Waals surface area (Å²) in [6, 6.07) is 3.35. The fourth-order valence-electron chi connectivity index (χ4n) is 1.65. The van der Waals surface area contributed by atoms with Crippen molar-refractivity contribution in [2.75, 3.05) is 26.7 Å². The number of aliphatic carboxylic acids is 1. The Morgan fingerprint density at radius 2 is 2.05 bits per heavy atom. The number of hydrogen-bond acceptors (Lipinski definition) is 3. The van der Waals surface area contributed by atoms with E-state index in [0.29, 0.717) is 13.0 Å². The van der Waals surface area contributed by atoms with E-state index < -0.39 is 12.5 Å². The van der Waals surface area contributed by atoms with Gasteiger partial charge in [0.1, 0.15) is 6.54 Å². The van der Waals surface area contributed by atoms with E-state index in [-0.39, 0.29) is 12.6 Å². The smallest absolute Gasteiger partial charge is 0.323 e. The molecule has 0 aliphatic carbocycles. The molecule has 20 heavy (non-hydrogen) atoms. The minimum absolute atomic E-state index is 0.0231. The maximum Gasteiger partial charge on any atom is 0.323 e. The number of likely N-dealkylation sites (N-methyl/N-ethyl adjacent to an activating group) is 1. The highest BCUT2D eigenvalue weighted by molar-refractivity contribution is 5.80. The fraction of sp³-hybridized carbons (Fsp3) is 0.357. The number of aromatic nitrogens is 1. The van der Waals surface area contributed by atoms with Crippen LogP contribution in [-0.2, 0) is 11.2 Å². The lowest BCUT2D eigenvalue weighted by Crippen LogP contribution is -2.44. The Morgan fingerprint density at radius 3 is 2.60 bits per heavy atom. The third-order valence-corrected chi connectivity index (χ3v) is 2.69. The van der Waals surface area contributed by atoms with Crippen LogP contribution in [0.25, 0.3) is 0 Å². The quantitative estimate of drug-likeness (QED) is 0.775. The van der Waals surface area contributed by atoms with Gasteiger partial charge in [-0.25, -0.2) is 4.79 Å². The van der Waals surface area contributed by atoms with Crippen LogP contribution in [0, 0.1) is 12.3 Å². The summed E-state index contributed by atoms with van der Waals surface area (Å²) in [5, 5.41) is 8.76. The normalized spacial score (nSPS) is 9.60. The molecule has 1 aromatic heterocycles. The molecule has 1 N–H and O–H groups in total. The first-order valence-corrected chi connectivity index (χ1v) is 6.08. The highest BCUT2D eigenvalue weighted by Gasteiger charge is 2.19. The molecule has 1 rings (SSSR count). The van der Waals surface area contributed by atoms with Crippen LogP contribution in [0.3, 0.4) is 0 Å². The molecule has 0 spiro atoms. The molecule has 0 atom stereocenters. The highest BCUT2D eigenvalue weighted by Crippen LogP contribution is 2.02. The van der Waals surface area contributed by atoms with Crippen molar-refractivity contribution in [1.82, 2.24) is 14.8 Å². The summed E-state index contributed by atoms with van der Waals surface area (Å²) in [5.74, 6) is 1.20. The molecule has 0 fully saturated rings. The van der Waals surface area contributed by atoms with Gasteiger partial charge >= 0.3 is 12.0 Å². The number of carboxylic acids is 1. The molecule has 1 heterocycles. The van der Waals surface area contributed by atoms with E-state index in [1.54, 1.807) is 19.4 Å². The van der Waals surface area contributed by atoms with Gasteiger partial charge in [0.2, 0.25) is 0 Å². The van der Waals surface area contributed by atoms with Crippen molar-refractivity contribution < 1.29 is 14.7 Å². The van der Waals surface area contributed by atoms with Gasteiger partial charge in [-0.3, -0.25) is 9.78 Å². The third-order valence-electron chi connectivity index (χ3n) is 2.69. The van der Waals surface area contributed by atoms with Crippen LogP contribution in [0.4, 0.5) is 4.79 Å². The van der Waals surface area contributed by atoms with Crippen molar-refractivity contribution in [3.05, 3.63) is 30.1 Å². The molecule has 0 aliphatic rings. The number of carboxylic acid groups (broad SMARTS) is 1. The molecular formula is C14H17N3O3. The molecule has 0 bridgehead atoms. The Hall–Kier alpha value is -2.55. The molecule has 6 heteroatoms. The number of nitrogens with zero attached hydrogens (tertiary/aromatic N) is 3. The van der Waals surface area contributed by atoms with Crippen LogP contribution in [0.15, 0.2) is 24.5 Å². The second-order valence-corrected chi connectivity index (χ2v) is 4.26. The number of terminal acetylenes is 1. The summed E-state index contributed by atoms with van der Waals surface area (Å²) in [6.45, 7) is 0.0525. The van der Waals surface area contributed by atoms with E-state index >= 15 is 0 Å². The van der Waals surface area contributed by atoms with Crippen LogP contribution in [-0.4, -0.2) is 58.6 Å². The summed E-state index contributed by atoms with van der Waals surface area (Å²) in [6.07, 6.45) is 9.19. The standard InChI is InChI=1S/C14H17N3O3/c1-3-9-17(11-13(18)19)14(20)16(2)10-6-12-4-7-15-8-5-12/h1,4-5,7-8H,6,9-11H2,2H3,(H,18,19). The van der Waals surface area contributed by atoms with Gasteiger partial charge < -0.3 is 14.9 Å². The van der Waals surface area contributed by atoms with Gasteiger partial charge in [0.05, 0.1) is 6.54 Å². The van der Waals surface area contributed by atoms with Crippen LogP contribution < -0.4 is 0 Å². The van der Waals surface area contributed by atoms with Gasteiger partial charge in [0.15, 0.2) is 0 Å². The molecule has 0 radical (unpaired) electrons. The van der Waals surface area contributed by atoms with Gasteiger partial charge in [-0.2, -0.15) is 0 Å². The van der Waals surface area contributed by atoms with Gasteiger partial charge in [-0.1, -0.05) is 5.92 Å². The molecule has 0 aromatic carbocycles. The number of urea groups is 1. The molecule has 0 saturated carbocycles. The lowest BCUT2D eigenvalue weighted by molar-refractivity contribution is -0.137. The number of rotatable bonds is 6. The number of carbonyl (C=O) groups excluding carboxylic acids is 1. The molecule has 2 amide bonds. The minimum Gasteiger partial charge on any atom is -0.480 e. The lowest BCUT2D eigenvalue weighted by atomic mass is 10.2. The Morgan fingerprint density at radius 1 is 1.40 bits per heavy atom. The maximum atomic E-state index is 12.1. The van der Waals surface area contributed by atoms with Crippen molar-refractivity contribution in [1.29, 1.82) is 0 Å². The predicted molar refractivity (Wildman–Crippen MR) is 74.0 cm³/mol. The van der Waals surface area contributed by atoms with Gasteiger partial charge in [0.25, 0.3) is 0 Å². The second-order valence-electron chi connectivity index (χ2n) is 4.26. The average Bonchev–Trinajstić information content (AvgIpc) is 2.44. The van der Waals surface area contributed by atoms with Crippen LogP contribution in [0.1, 0.15) is 5.56 Å². The third kappa shape index (κ3) is 4.98. The summed E-state index contributed by atoms with van der Waals surface area (Å²) < 4.78 is 0. The van der Waals surface area contributed by atoms with Gasteiger partial charge in [0, 0.05) is 26.0 Å². The Labute approximate surface area is 118 Å². The van der Waals surface area contributed by atoms with E-state index in [1.807, 2.05) is 12.1 Å². The predicted octanol–water partition coefficient (Wildman–Crippen LogP) is 0.696. The van der Waals surface area contributed by atoms with E-state index in [9.17, 15) is 9.59 Å². The molecule has 0 aliphatic heterocycles. The zero-order valence-electron chi connectivity index (χ0n) is 11.3. The van der Waals surface area contributed by atoms with E-state index in [2.05, 4.69) is 10.9 Å². The number of hydrogen-bond donors (Lipinski definition) is 1. The molecule has 0 saturated heterocycles. The zero-order chi connectivity index (χ0) is 15.0. The van der Waals surface area contributed by atoms with Crippen LogP contribution in [0.2, 0.25) is 0 Å². The Kier molecular flexibility index (Phi) is 6.04. The van der Waals surface area contributed by atoms with E-state index in [0.717, 1.165) is 10.5 Å². The van der Waals surface area contributed by atoms with Crippen molar-refractivity contribution in [2.24, 2.45) is 0 Å². The SMILES string of the molecule is C#CCN(CC(=O)O)C(=O)N(C)CCc1ccncc1. The Bertz CT molecular complexity index is 496. The fourth-order valence-corrected chi connectivity index (χ4v) is 1.65. The van der Waals surface area contributed by atoms with E-state index in [1.165, 1.54) is 4.90 Å². The van der Waals surface area contributed by atoms with Crippen LogP contribution >= 0.6 is 0 Å². The van der Waals surface area contributed by atoms with Crippen molar-refractivity contribution >= 4 is 12.0 Å². The summed E-state index contributed by atoms with van der Waals surface area (Å²) in [7, 11) is 1.62. The van der Waals surface area contributed by atoms with Crippen molar-refractivity contribution in [2.45, 2.75) is 6.42 Å². The van der Waals surface area contributed by atoms with Gasteiger partial charge in [-0.05, 0) is 24.1 Å². The lowest BCUT2D eigenvalue weighted by Gasteiger charge is -2.25. The minimum atomic E-state index is -1.09. The molecule has 0 unspecified atom stereocenters. The average molecular weight is 275 g/mol. The molecule has 6 nitrogen and oxygen atoms in total. The summed E-state index contributed by atoms with van der Waals surface area (Å²) in [4.78, 5) is 29.3. The first-order valence-electron chi connectivity index (χ1n) is 6.08. The number of carbonyl (C=O) groups is 2. The van der Waals surface area contributed by atoms with Crippen molar-refractivity contribution in [3.8, 4) is 12.3 Å². The van der Waals surface area contributed by atoms with E-state index in [4.69, 9.17) is 11.5 Å². The number of amides is 2. The van der Waals surface area contributed by atoms with Crippen LogP contribution in [0.5, 0.6) is 0 Å². The topological polar surface area (TPSA) is 73.7 Å². The zero-order valence-corrected chi connectivity index (χ0v) is 11.3. The first-order chi connectivity index (χ1) is 9.54. The maximum absolute atomic E-state index is 12.1. The summed E-state index contributed by atoms with van der Waals surface area (Å²) in [5.41, 5.74) is 1.06. The highest BCUT2D eigenvalue weighted by atomic mass is 16.4. The molecule has 106 valence electrons. The van der Waals surface area contributed by atoms with Gasteiger partial charge in [-0.15, -0.1) is 6.42 Å². The first kappa shape index (κ1) is 15.5. The number of pyridine rings is 1. The Balaban J connectivity index is 2.56. The second kappa shape index (κ2) is 7.79. The largest absolute Gasteiger partial charge is 0.480 e. The van der Waals surface area contributed by atoms with Crippen molar-refractivity contribution in [3.63, 3.8) is 0 Å². The monoisotopic (exact) mass is 275 g/mol. The molecular weight excluding hydrogens is 258 g/mol. The summed E-state index contributed by atoms with van der Waals surface area (Å²) >= 11 is 0.